The predicted octanol–water partition coefficient (Wildman–Crippen LogP) is 5.57. The Balaban J connectivity index is 1.83. The lowest BCUT2D eigenvalue weighted by atomic mass is 10.1. The molecule has 2 aromatic heterocycles. The molecule has 0 fully saturated rings. The molecule has 4 aromatic rings. The maximum absolute atomic E-state index is 14.6. The molecule has 0 radical (unpaired) electrons. The molecule has 2 aromatic carbocycles. The molecule has 13 heteroatoms. The highest BCUT2D eigenvalue weighted by Gasteiger charge is 2.34. The summed E-state index contributed by atoms with van der Waals surface area (Å²) in [4.78, 5) is 34.0. The first-order valence-electron chi connectivity index (χ1n) is 10.1. The molecule has 4 rings (SSSR count). The standard InChI is InChI=1S/C23H14Cl2F4N4O3/c1-10-31-19-15(26)4-5-16(32-21(35)11-7-13(24)20(34)14(25)8-11)18(19)22(36)33(10)9-17-12(23(27,28)29)3-2-6-30-17/h2-8,34H,9H2,1H3,(H,32,35). The number of aromatic hydroxyl groups is 1. The second kappa shape index (κ2) is 9.40. The molecule has 0 aliphatic carbocycles. The van der Waals surface area contributed by atoms with E-state index in [0.29, 0.717) is 0 Å². The quantitative estimate of drug-likeness (QED) is 0.330. The molecule has 2 N–H and O–H groups in total. The number of carbonyl (C=O) groups excluding carboxylic acids is 1. The number of benzene rings is 2. The molecule has 7 nitrogen and oxygen atoms in total. The number of amides is 1. The second-order valence-electron chi connectivity index (χ2n) is 7.61. The van der Waals surface area contributed by atoms with Crippen LogP contribution in [0, 0.1) is 12.7 Å². The Morgan fingerprint density at radius 3 is 2.47 bits per heavy atom. The zero-order valence-corrected chi connectivity index (χ0v) is 19.6. The van der Waals surface area contributed by atoms with E-state index < -0.39 is 47.0 Å². The van der Waals surface area contributed by atoms with E-state index >= 15 is 0 Å². The number of nitrogens with one attached hydrogen (secondary N) is 1. The fraction of sp³-hybridized carbons (Fsp3) is 0.130. The fourth-order valence-electron chi connectivity index (χ4n) is 3.55. The Bertz CT molecular complexity index is 1570. The van der Waals surface area contributed by atoms with Gasteiger partial charge in [0.1, 0.15) is 17.2 Å². The van der Waals surface area contributed by atoms with Gasteiger partial charge in [-0.25, -0.2) is 9.37 Å². The van der Waals surface area contributed by atoms with Gasteiger partial charge in [-0.05, 0) is 43.3 Å². The highest BCUT2D eigenvalue weighted by atomic mass is 35.5. The summed E-state index contributed by atoms with van der Waals surface area (Å²) >= 11 is 11.7. The molecule has 1 amide bonds. The molecule has 0 bridgehead atoms. The number of halogens is 6. The number of phenols is 1. The summed E-state index contributed by atoms with van der Waals surface area (Å²) in [6.45, 7) is 0.735. The van der Waals surface area contributed by atoms with Crippen LogP contribution in [0.4, 0.5) is 23.2 Å². The van der Waals surface area contributed by atoms with E-state index in [0.717, 1.165) is 47.2 Å². The number of hydrogen-bond donors (Lipinski definition) is 2. The van der Waals surface area contributed by atoms with E-state index in [4.69, 9.17) is 23.2 Å². The Morgan fingerprint density at radius 2 is 1.83 bits per heavy atom. The first-order chi connectivity index (χ1) is 16.9. The number of aromatic nitrogens is 3. The number of phenolic OH excluding ortho intramolecular Hbond substituents is 1. The molecule has 0 saturated carbocycles. The van der Waals surface area contributed by atoms with Crippen LogP contribution in [0.3, 0.4) is 0 Å². The van der Waals surface area contributed by atoms with Gasteiger partial charge in [0.15, 0.2) is 5.75 Å². The van der Waals surface area contributed by atoms with E-state index in [1.807, 2.05) is 0 Å². The van der Waals surface area contributed by atoms with Crippen molar-refractivity contribution < 1.29 is 27.5 Å². The monoisotopic (exact) mass is 540 g/mol. The number of pyridine rings is 1. The number of fused-ring (bicyclic) bond motifs is 1. The number of alkyl halides is 3. The van der Waals surface area contributed by atoms with Crippen molar-refractivity contribution in [1.29, 1.82) is 0 Å². The summed E-state index contributed by atoms with van der Waals surface area (Å²) in [7, 11) is 0. The molecule has 2 heterocycles. The van der Waals surface area contributed by atoms with Gasteiger partial charge in [0.25, 0.3) is 11.5 Å². The maximum Gasteiger partial charge on any atom is 0.418 e. The van der Waals surface area contributed by atoms with Gasteiger partial charge in [-0.15, -0.1) is 0 Å². The Morgan fingerprint density at radius 1 is 1.17 bits per heavy atom. The lowest BCUT2D eigenvalue weighted by molar-refractivity contribution is -0.138. The number of rotatable bonds is 4. The van der Waals surface area contributed by atoms with Crippen LogP contribution in [0.25, 0.3) is 10.9 Å². The lowest BCUT2D eigenvalue weighted by Crippen LogP contribution is -2.27. The van der Waals surface area contributed by atoms with E-state index in [2.05, 4.69) is 15.3 Å². The van der Waals surface area contributed by atoms with Crippen LogP contribution in [0.5, 0.6) is 5.75 Å². The Kier molecular flexibility index (Phi) is 6.63. The van der Waals surface area contributed by atoms with Gasteiger partial charge in [0.05, 0.1) is 38.9 Å². The number of carbonyl (C=O) groups is 1. The van der Waals surface area contributed by atoms with Crippen LogP contribution in [-0.2, 0) is 12.7 Å². The van der Waals surface area contributed by atoms with Gasteiger partial charge < -0.3 is 10.4 Å². The van der Waals surface area contributed by atoms with Gasteiger partial charge in [0, 0.05) is 11.8 Å². The molecule has 0 spiro atoms. The average Bonchev–Trinajstić information content (AvgIpc) is 2.81. The highest BCUT2D eigenvalue weighted by molar-refractivity contribution is 6.37. The van der Waals surface area contributed by atoms with Crippen molar-refractivity contribution in [2.45, 2.75) is 19.6 Å². The zero-order chi connectivity index (χ0) is 26.4. The normalized spacial score (nSPS) is 11.6. The summed E-state index contributed by atoms with van der Waals surface area (Å²) in [6.07, 6.45) is -3.57. The van der Waals surface area contributed by atoms with Crippen LogP contribution < -0.4 is 10.9 Å². The number of nitrogens with zero attached hydrogens (tertiary/aromatic N) is 3. The van der Waals surface area contributed by atoms with Gasteiger partial charge in [-0.2, -0.15) is 13.2 Å². The van der Waals surface area contributed by atoms with Crippen LogP contribution in [-0.4, -0.2) is 25.5 Å². The van der Waals surface area contributed by atoms with E-state index in [1.165, 1.54) is 6.92 Å². The molecule has 0 aliphatic heterocycles. The first-order valence-corrected chi connectivity index (χ1v) is 10.8. The summed E-state index contributed by atoms with van der Waals surface area (Å²) in [6, 6.07) is 6.30. The van der Waals surface area contributed by atoms with Crippen LogP contribution >= 0.6 is 23.2 Å². The number of hydrogen-bond acceptors (Lipinski definition) is 5. The summed E-state index contributed by atoms with van der Waals surface area (Å²) in [5, 5.41) is 11.4. The third kappa shape index (κ3) is 4.71. The molecular weight excluding hydrogens is 527 g/mol. The first kappa shape index (κ1) is 25.4. The van der Waals surface area contributed by atoms with Gasteiger partial charge in [-0.1, -0.05) is 23.2 Å². The molecule has 0 aliphatic rings. The predicted molar refractivity (Wildman–Crippen MR) is 125 cm³/mol. The van der Waals surface area contributed by atoms with Crippen molar-refractivity contribution in [3.05, 3.63) is 91.5 Å². The molecule has 0 atom stereocenters. The maximum atomic E-state index is 14.6. The van der Waals surface area contributed by atoms with E-state index in [9.17, 15) is 32.3 Å². The third-order valence-electron chi connectivity index (χ3n) is 5.28. The largest absolute Gasteiger partial charge is 0.505 e. The minimum absolute atomic E-state index is 0.0641. The van der Waals surface area contributed by atoms with Crippen molar-refractivity contribution in [2.75, 3.05) is 5.32 Å². The van der Waals surface area contributed by atoms with Crippen molar-refractivity contribution in [1.82, 2.24) is 14.5 Å². The zero-order valence-electron chi connectivity index (χ0n) is 18.1. The molecule has 0 saturated heterocycles. The second-order valence-corrected chi connectivity index (χ2v) is 8.42. The minimum Gasteiger partial charge on any atom is -0.505 e. The minimum atomic E-state index is -4.72. The third-order valence-corrected chi connectivity index (χ3v) is 5.86. The van der Waals surface area contributed by atoms with Crippen LogP contribution in [0.1, 0.15) is 27.4 Å². The Hall–Kier alpha value is -3.70. The van der Waals surface area contributed by atoms with Crippen LogP contribution in [0.15, 0.2) is 47.4 Å². The lowest BCUT2D eigenvalue weighted by Gasteiger charge is -2.16. The van der Waals surface area contributed by atoms with Crippen molar-refractivity contribution in [3.8, 4) is 5.75 Å². The topological polar surface area (TPSA) is 97.1 Å². The summed E-state index contributed by atoms with van der Waals surface area (Å²) in [5.41, 5.74) is -2.99. The smallest absolute Gasteiger partial charge is 0.418 e. The summed E-state index contributed by atoms with van der Waals surface area (Å²) < 4.78 is 55.8. The molecular formula is C23H14Cl2F4N4O3. The average molecular weight is 541 g/mol. The molecule has 0 unspecified atom stereocenters. The highest BCUT2D eigenvalue weighted by Crippen LogP contribution is 2.34. The number of anilines is 1. The SMILES string of the molecule is Cc1nc2c(F)ccc(NC(=O)c3cc(Cl)c(O)c(Cl)c3)c2c(=O)n1Cc1ncccc1C(F)(F)F. The van der Waals surface area contributed by atoms with Crippen molar-refractivity contribution >= 4 is 45.7 Å². The molecule has 36 heavy (non-hydrogen) atoms. The van der Waals surface area contributed by atoms with Crippen molar-refractivity contribution in [3.63, 3.8) is 0 Å². The van der Waals surface area contributed by atoms with E-state index in [1.54, 1.807) is 0 Å². The fourth-order valence-corrected chi connectivity index (χ4v) is 4.04. The van der Waals surface area contributed by atoms with Gasteiger partial charge in [0.2, 0.25) is 0 Å². The number of aryl methyl sites for hydroxylation is 1. The van der Waals surface area contributed by atoms with Crippen LogP contribution in [0.2, 0.25) is 10.0 Å². The van der Waals surface area contributed by atoms with E-state index in [-0.39, 0.29) is 38.0 Å². The van der Waals surface area contributed by atoms with Gasteiger partial charge in [-0.3, -0.25) is 19.1 Å². The van der Waals surface area contributed by atoms with Gasteiger partial charge >= 0.3 is 6.18 Å². The van der Waals surface area contributed by atoms with Crippen molar-refractivity contribution in [2.24, 2.45) is 0 Å². The summed E-state index contributed by atoms with van der Waals surface area (Å²) in [5.74, 6) is -2.18. The molecule has 186 valence electrons. The Labute approximate surface area is 209 Å².